The van der Waals surface area contributed by atoms with Gasteiger partial charge in [0.2, 0.25) is 15.9 Å². The molecule has 6 heteroatoms. The molecule has 1 saturated heterocycles. The maximum absolute atomic E-state index is 12.7. The summed E-state index contributed by atoms with van der Waals surface area (Å²) in [6.45, 7) is 4.74. The fourth-order valence-corrected chi connectivity index (χ4v) is 5.10. The second-order valence-electron chi connectivity index (χ2n) is 7.56. The lowest BCUT2D eigenvalue weighted by Crippen LogP contribution is -2.43. The van der Waals surface area contributed by atoms with Crippen LogP contribution in [-0.2, 0) is 20.6 Å². The molecule has 150 valence electrons. The lowest BCUT2D eigenvalue weighted by Gasteiger charge is -2.31. The topological polar surface area (TPSA) is 66.5 Å². The predicted molar refractivity (Wildman–Crippen MR) is 111 cm³/mol. The maximum atomic E-state index is 12.7. The zero-order valence-corrected chi connectivity index (χ0v) is 17.3. The van der Waals surface area contributed by atoms with Gasteiger partial charge in [-0.15, -0.1) is 0 Å². The van der Waals surface area contributed by atoms with Crippen LogP contribution in [0.3, 0.4) is 0 Å². The second kappa shape index (κ2) is 8.88. The van der Waals surface area contributed by atoms with Crippen molar-refractivity contribution in [2.45, 2.75) is 38.5 Å². The Morgan fingerprint density at radius 2 is 1.68 bits per heavy atom. The molecule has 0 radical (unpaired) electrons. The van der Waals surface area contributed by atoms with Crippen molar-refractivity contribution in [3.8, 4) is 0 Å². The first-order valence-corrected chi connectivity index (χ1v) is 11.3. The normalized spacial score (nSPS) is 17.2. The summed E-state index contributed by atoms with van der Waals surface area (Å²) in [6.07, 6.45) is 1.11. The third-order valence-electron chi connectivity index (χ3n) is 5.35. The van der Waals surface area contributed by atoms with Crippen molar-refractivity contribution in [3.63, 3.8) is 0 Å². The number of benzene rings is 2. The molecular formula is C22H28N2O3S. The molecule has 0 bridgehead atoms. The number of hydrogen-bond donors (Lipinski definition) is 1. The number of sulfonamides is 1. The van der Waals surface area contributed by atoms with Crippen LogP contribution in [0.2, 0.25) is 0 Å². The third kappa shape index (κ3) is 5.20. The van der Waals surface area contributed by atoms with Crippen LogP contribution in [0, 0.1) is 12.8 Å². The van der Waals surface area contributed by atoms with Gasteiger partial charge in [0.05, 0.1) is 11.8 Å². The van der Waals surface area contributed by atoms with Crippen LogP contribution in [0.1, 0.15) is 42.5 Å². The zero-order valence-electron chi connectivity index (χ0n) is 16.5. The van der Waals surface area contributed by atoms with Gasteiger partial charge in [0.15, 0.2) is 0 Å². The van der Waals surface area contributed by atoms with Crippen LogP contribution in [0.4, 0.5) is 0 Å². The fourth-order valence-electron chi connectivity index (χ4n) is 3.54. The molecule has 1 atom stereocenters. The quantitative estimate of drug-likeness (QED) is 0.808. The van der Waals surface area contributed by atoms with Crippen molar-refractivity contribution < 1.29 is 13.2 Å². The Morgan fingerprint density at radius 1 is 1.07 bits per heavy atom. The van der Waals surface area contributed by atoms with E-state index in [-0.39, 0.29) is 23.6 Å². The van der Waals surface area contributed by atoms with E-state index < -0.39 is 10.0 Å². The number of amides is 1. The molecule has 1 amide bonds. The molecule has 0 saturated carbocycles. The van der Waals surface area contributed by atoms with Crippen LogP contribution in [-0.4, -0.2) is 31.7 Å². The van der Waals surface area contributed by atoms with E-state index in [0.29, 0.717) is 25.9 Å². The van der Waals surface area contributed by atoms with E-state index >= 15 is 0 Å². The summed E-state index contributed by atoms with van der Waals surface area (Å²) >= 11 is 0. The van der Waals surface area contributed by atoms with Gasteiger partial charge in [-0.05, 0) is 37.8 Å². The summed E-state index contributed by atoms with van der Waals surface area (Å²) in [6, 6.07) is 17.4. The lowest BCUT2D eigenvalue weighted by atomic mass is 9.96. The van der Waals surface area contributed by atoms with Gasteiger partial charge in [0.25, 0.3) is 0 Å². The summed E-state index contributed by atoms with van der Waals surface area (Å²) in [5, 5.41) is 3.06. The summed E-state index contributed by atoms with van der Waals surface area (Å²) in [7, 11) is -3.36. The van der Waals surface area contributed by atoms with Crippen LogP contribution in [0.5, 0.6) is 0 Å². The highest BCUT2D eigenvalue weighted by Gasteiger charge is 2.31. The van der Waals surface area contributed by atoms with Gasteiger partial charge in [-0.2, -0.15) is 0 Å². The van der Waals surface area contributed by atoms with Crippen molar-refractivity contribution >= 4 is 15.9 Å². The Morgan fingerprint density at radius 3 is 2.29 bits per heavy atom. The van der Waals surface area contributed by atoms with Crippen molar-refractivity contribution in [2.24, 2.45) is 5.92 Å². The van der Waals surface area contributed by atoms with Crippen molar-refractivity contribution in [3.05, 3.63) is 71.3 Å². The smallest absolute Gasteiger partial charge is 0.223 e. The van der Waals surface area contributed by atoms with E-state index in [2.05, 4.69) is 5.32 Å². The Kier molecular flexibility index (Phi) is 6.52. The molecule has 3 rings (SSSR count). The highest BCUT2D eigenvalue weighted by molar-refractivity contribution is 7.88. The van der Waals surface area contributed by atoms with E-state index in [1.165, 1.54) is 4.31 Å². The Labute approximate surface area is 167 Å². The van der Waals surface area contributed by atoms with Gasteiger partial charge in [0.1, 0.15) is 0 Å². The molecular weight excluding hydrogens is 372 g/mol. The molecule has 1 fully saturated rings. The second-order valence-corrected chi connectivity index (χ2v) is 9.53. The molecule has 1 heterocycles. The minimum Gasteiger partial charge on any atom is -0.349 e. The third-order valence-corrected chi connectivity index (χ3v) is 7.20. The van der Waals surface area contributed by atoms with Crippen LogP contribution >= 0.6 is 0 Å². The summed E-state index contributed by atoms with van der Waals surface area (Å²) < 4.78 is 26.9. The number of carbonyl (C=O) groups is 1. The van der Waals surface area contributed by atoms with E-state index in [1.54, 1.807) is 0 Å². The molecule has 1 aliphatic rings. The largest absolute Gasteiger partial charge is 0.349 e. The average molecular weight is 401 g/mol. The van der Waals surface area contributed by atoms with Crippen molar-refractivity contribution in [2.75, 3.05) is 13.1 Å². The van der Waals surface area contributed by atoms with Crippen LogP contribution in [0.25, 0.3) is 0 Å². The van der Waals surface area contributed by atoms with Gasteiger partial charge >= 0.3 is 0 Å². The minimum absolute atomic E-state index is 0.00642. The van der Waals surface area contributed by atoms with Gasteiger partial charge in [-0.25, -0.2) is 12.7 Å². The van der Waals surface area contributed by atoms with Gasteiger partial charge in [0, 0.05) is 19.0 Å². The SMILES string of the molecule is Cc1ccc(CS(=O)(=O)N2CCC(C(=O)N[C@H](C)c3ccccc3)CC2)cc1. The van der Waals surface area contributed by atoms with E-state index in [1.807, 2.05) is 68.4 Å². The van der Waals surface area contributed by atoms with E-state index in [4.69, 9.17) is 0 Å². The highest BCUT2D eigenvalue weighted by Crippen LogP contribution is 2.23. The van der Waals surface area contributed by atoms with Crippen LogP contribution < -0.4 is 5.32 Å². The number of piperidine rings is 1. The lowest BCUT2D eigenvalue weighted by molar-refractivity contribution is -0.126. The number of hydrogen-bond acceptors (Lipinski definition) is 3. The van der Waals surface area contributed by atoms with Gasteiger partial charge in [-0.1, -0.05) is 60.2 Å². The standard InChI is InChI=1S/C22H28N2O3S/c1-17-8-10-19(11-9-17)16-28(26,27)24-14-12-21(13-15-24)22(25)23-18(2)20-6-4-3-5-7-20/h3-11,18,21H,12-16H2,1-2H3,(H,23,25)/t18-/m1/s1. The van der Waals surface area contributed by atoms with Crippen LogP contribution in [0.15, 0.2) is 54.6 Å². The molecule has 2 aromatic rings. The number of carbonyl (C=O) groups excluding carboxylic acids is 1. The predicted octanol–water partition coefficient (Wildman–Crippen LogP) is 3.41. The summed E-state index contributed by atoms with van der Waals surface area (Å²) in [5.41, 5.74) is 2.97. The molecule has 0 aromatic heterocycles. The summed E-state index contributed by atoms with van der Waals surface area (Å²) in [5.74, 6) is -0.126. The number of aryl methyl sites for hydroxylation is 1. The molecule has 0 unspecified atom stereocenters. The van der Waals surface area contributed by atoms with E-state index in [0.717, 1.165) is 16.7 Å². The number of nitrogens with zero attached hydrogens (tertiary/aromatic N) is 1. The van der Waals surface area contributed by atoms with Crippen molar-refractivity contribution in [1.82, 2.24) is 9.62 Å². The molecule has 28 heavy (non-hydrogen) atoms. The first-order valence-electron chi connectivity index (χ1n) is 9.74. The molecule has 0 spiro atoms. The maximum Gasteiger partial charge on any atom is 0.223 e. The zero-order chi connectivity index (χ0) is 20.1. The molecule has 0 aliphatic carbocycles. The highest BCUT2D eigenvalue weighted by atomic mass is 32.2. The summed E-state index contributed by atoms with van der Waals surface area (Å²) in [4.78, 5) is 12.6. The van der Waals surface area contributed by atoms with Crippen molar-refractivity contribution in [1.29, 1.82) is 0 Å². The van der Waals surface area contributed by atoms with Gasteiger partial charge in [-0.3, -0.25) is 4.79 Å². The fraction of sp³-hybridized carbons (Fsp3) is 0.409. The first kappa shape index (κ1) is 20.6. The minimum atomic E-state index is -3.36. The van der Waals surface area contributed by atoms with Gasteiger partial charge < -0.3 is 5.32 Å². The molecule has 5 nitrogen and oxygen atoms in total. The Bertz CT molecular complexity index is 887. The molecule has 1 aliphatic heterocycles. The molecule has 2 aromatic carbocycles. The Balaban J connectivity index is 1.53. The monoisotopic (exact) mass is 400 g/mol. The van der Waals surface area contributed by atoms with E-state index in [9.17, 15) is 13.2 Å². The Hall–Kier alpha value is -2.18. The average Bonchev–Trinajstić information content (AvgIpc) is 2.70. The molecule has 1 N–H and O–H groups in total. The first-order chi connectivity index (χ1) is 13.3. The number of nitrogens with one attached hydrogen (secondary N) is 1. The number of rotatable bonds is 6.